The lowest BCUT2D eigenvalue weighted by atomic mass is 10.2. The minimum Gasteiger partial charge on any atom is -0.370 e. The smallest absolute Gasteiger partial charge is 0.370 e. The van der Waals surface area contributed by atoms with Crippen LogP contribution in [0.5, 0.6) is 0 Å². The summed E-state index contributed by atoms with van der Waals surface area (Å²) in [6.45, 7) is 0.977. The summed E-state index contributed by atoms with van der Waals surface area (Å²) in [4.78, 5) is 7.87. The standard InChI is InChI=1S/C16H18F3N5.HI/c17-16(18,19)13-7-4-8-21-14(13)22-9-10-23-15(20)24-11-12-5-2-1-3-6-12;/h1-8H,9-11H2,(H,21,22)(H3,20,23,24);1H. The number of guanidine groups is 1. The molecular weight excluding hydrogens is 446 g/mol. The number of hydrogen-bond acceptors (Lipinski definition) is 3. The molecule has 2 aromatic rings. The number of benzene rings is 1. The molecule has 1 aromatic heterocycles. The second-order valence-electron chi connectivity index (χ2n) is 4.94. The van der Waals surface area contributed by atoms with Crippen molar-refractivity contribution in [2.24, 2.45) is 10.7 Å². The Kier molecular flexibility index (Phi) is 8.46. The van der Waals surface area contributed by atoms with E-state index >= 15 is 0 Å². The molecule has 1 aromatic carbocycles. The van der Waals surface area contributed by atoms with Crippen molar-refractivity contribution in [3.05, 3.63) is 59.8 Å². The van der Waals surface area contributed by atoms with Crippen molar-refractivity contribution in [1.82, 2.24) is 10.3 Å². The van der Waals surface area contributed by atoms with Crippen LogP contribution >= 0.6 is 24.0 Å². The largest absolute Gasteiger partial charge is 0.419 e. The molecule has 0 radical (unpaired) electrons. The number of alkyl halides is 3. The van der Waals surface area contributed by atoms with E-state index in [9.17, 15) is 13.2 Å². The first-order valence-corrected chi connectivity index (χ1v) is 7.30. The van der Waals surface area contributed by atoms with Crippen molar-refractivity contribution in [2.45, 2.75) is 12.7 Å². The maximum atomic E-state index is 12.8. The first kappa shape index (κ1) is 21.0. The molecule has 136 valence electrons. The van der Waals surface area contributed by atoms with E-state index in [2.05, 4.69) is 20.6 Å². The maximum Gasteiger partial charge on any atom is 0.419 e. The van der Waals surface area contributed by atoms with Gasteiger partial charge in [0.05, 0.1) is 12.1 Å². The Morgan fingerprint density at radius 1 is 1.08 bits per heavy atom. The number of anilines is 1. The monoisotopic (exact) mass is 465 g/mol. The molecule has 0 spiro atoms. The highest BCUT2D eigenvalue weighted by Gasteiger charge is 2.33. The molecule has 0 saturated carbocycles. The van der Waals surface area contributed by atoms with Crippen LogP contribution in [0.15, 0.2) is 53.7 Å². The van der Waals surface area contributed by atoms with Gasteiger partial charge < -0.3 is 16.4 Å². The average molecular weight is 465 g/mol. The van der Waals surface area contributed by atoms with E-state index in [1.54, 1.807) is 0 Å². The Labute approximate surface area is 161 Å². The number of aliphatic imine (C=N–C) groups is 1. The zero-order chi connectivity index (χ0) is 17.4. The minimum atomic E-state index is -4.44. The van der Waals surface area contributed by atoms with Gasteiger partial charge in [-0.05, 0) is 17.7 Å². The third kappa shape index (κ3) is 7.16. The molecule has 0 fully saturated rings. The van der Waals surface area contributed by atoms with Gasteiger partial charge >= 0.3 is 6.18 Å². The summed E-state index contributed by atoms with van der Waals surface area (Å²) in [5.74, 6) is 0.0318. The summed E-state index contributed by atoms with van der Waals surface area (Å²) < 4.78 is 38.4. The summed E-state index contributed by atoms with van der Waals surface area (Å²) in [6.07, 6.45) is -3.14. The van der Waals surface area contributed by atoms with Crippen molar-refractivity contribution in [2.75, 3.05) is 18.4 Å². The number of halogens is 4. The molecule has 1 heterocycles. The molecular formula is C16H19F3IN5. The lowest BCUT2D eigenvalue weighted by molar-refractivity contribution is -0.137. The van der Waals surface area contributed by atoms with E-state index in [1.807, 2.05) is 30.3 Å². The number of pyridine rings is 1. The molecule has 0 saturated heterocycles. The fraction of sp³-hybridized carbons (Fsp3) is 0.250. The van der Waals surface area contributed by atoms with E-state index in [0.717, 1.165) is 11.6 Å². The first-order chi connectivity index (χ1) is 11.5. The molecule has 0 atom stereocenters. The third-order valence-corrected chi connectivity index (χ3v) is 3.11. The normalized spacial score (nSPS) is 11.6. The SMILES string of the molecule is I.NC(=NCc1ccccc1)NCCNc1ncccc1C(F)(F)F. The molecule has 9 heteroatoms. The van der Waals surface area contributed by atoms with E-state index < -0.39 is 11.7 Å². The molecule has 2 rings (SSSR count). The second-order valence-corrected chi connectivity index (χ2v) is 4.94. The summed E-state index contributed by atoms with van der Waals surface area (Å²) in [5, 5.41) is 5.48. The van der Waals surface area contributed by atoms with E-state index in [0.29, 0.717) is 13.1 Å². The average Bonchev–Trinajstić information content (AvgIpc) is 2.57. The quantitative estimate of drug-likeness (QED) is 0.265. The van der Waals surface area contributed by atoms with Crippen LogP contribution in [0, 0.1) is 0 Å². The van der Waals surface area contributed by atoms with Crippen molar-refractivity contribution < 1.29 is 13.2 Å². The number of nitrogens with one attached hydrogen (secondary N) is 2. The number of nitrogens with two attached hydrogens (primary N) is 1. The lowest BCUT2D eigenvalue weighted by Crippen LogP contribution is -2.35. The summed E-state index contributed by atoms with van der Waals surface area (Å²) >= 11 is 0. The Morgan fingerprint density at radius 2 is 1.80 bits per heavy atom. The van der Waals surface area contributed by atoms with Crippen molar-refractivity contribution in [1.29, 1.82) is 0 Å². The fourth-order valence-corrected chi connectivity index (χ4v) is 1.96. The van der Waals surface area contributed by atoms with Crippen LogP contribution in [0.2, 0.25) is 0 Å². The third-order valence-electron chi connectivity index (χ3n) is 3.11. The highest BCUT2D eigenvalue weighted by Crippen LogP contribution is 2.33. The van der Waals surface area contributed by atoms with Crippen molar-refractivity contribution in [3.63, 3.8) is 0 Å². The molecule has 25 heavy (non-hydrogen) atoms. The maximum absolute atomic E-state index is 12.8. The Bertz CT molecular complexity index is 677. The van der Waals surface area contributed by atoms with E-state index in [4.69, 9.17) is 5.73 Å². The van der Waals surface area contributed by atoms with Crippen LogP contribution in [0.1, 0.15) is 11.1 Å². The summed E-state index contributed by atoms with van der Waals surface area (Å²) in [7, 11) is 0. The Hall–Kier alpha value is -2.04. The molecule has 0 unspecified atom stereocenters. The van der Waals surface area contributed by atoms with Gasteiger partial charge in [-0.15, -0.1) is 24.0 Å². The van der Waals surface area contributed by atoms with Crippen molar-refractivity contribution >= 4 is 35.8 Å². The van der Waals surface area contributed by atoms with Gasteiger partial charge in [0, 0.05) is 19.3 Å². The van der Waals surface area contributed by atoms with Gasteiger partial charge in [-0.25, -0.2) is 9.98 Å². The molecule has 0 aliphatic carbocycles. The highest BCUT2D eigenvalue weighted by molar-refractivity contribution is 14.0. The fourth-order valence-electron chi connectivity index (χ4n) is 1.96. The molecule has 4 N–H and O–H groups in total. The zero-order valence-corrected chi connectivity index (χ0v) is 15.6. The van der Waals surface area contributed by atoms with Crippen molar-refractivity contribution in [3.8, 4) is 0 Å². The van der Waals surface area contributed by atoms with Gasteiger partial charge in [-0.1, -0.05) is 30.3 Å². The van der Waals surface area contributed by atoms with Gasteiger partial charge in [0.15, 0.2) is 5.96 Å². The second kappa shape index (κ2) is 10.1. The Morgan fingerprint density at radius 3 is 2.48 bits per heavy atom. The zero-order valence-electron chi connectivity index (χ0n) is 13.3. The topological polar surface area (TPSA) is 75.3 Å². The predicted octanol–water partition coefficient (Wildman–Crippen LogP) is 3.23. The molecule has 0 aliphatic heterocycles. The minimum absolute atomic E-state index is 0. The van der Waals surface area contributed by atoms with E-state index in [1.165, 1.54) is 12.3 Å². The first-order valence-electron chi connectivity index (χ1n) is 7.30. The van der Waals surface area contributed by atoms with Gasteiger partial charge in [0.25, 0.3) is 0 Å². The van der Waals surface area contributed by atoms with Crippen LogP contribution < -0.4 is 16.4 Å². The molecule has 0 aliphatic rings. The van der Waals surface area contributed by atoms with E-state index in [-0.39, 0.29) is 42.3 Å². The highest BCUT2D eigenvalue weighted by atomic mass is 127. The van der Waals surface area contributed by atoms with Gasteiger partial charge in [0.2, 0.25) is 0 Å². The van der Waals surface area contributed by atoms with Crippen LogP contribution in [-0.2, 0) is 12.7 Å². The number of rotatable bonds is 6. The predicted molar refractivity (Wildman–Crippen MR) is 103 cm³/mol. The van der Waals surface area contributed by atoms with Crippen LogP contribution in [0.25, 0.3) is 0 Å². The molecule has 0 bridgehead atoms. The van der Waals surface area contributed by atoms with Gasteiger partial charge in [0.1, 0.15) is 5.82 Å². The van der Waals surface area contributed by atoms with Crippen LogP contribution in [-0.4, -0.2) is 24.0 Å². The van der Waals surface area contributed by atoms with Crippen LogP contribution in [0.3, 0.4) is 0 Å². The number of nitrogens with zero attached hydrogens (tertiary/aromatic N) is 2. The number of hydrogen-bond donors (Lipinski definition) is 3. The van der Waals surface area contributed by atoms with Gasteiger partial charge in [-0.2, -0.15) is 13.2 Å². The molecule has 0 amide bonds. The summed E-state index contributed by atoms with van der Waals surface area (Å²) in [6, 6.07) is 11.8. The number of aromatic nitrogens is 1. The van der Waals surface area contributed by atoms with Crippen LogP contribution in [0.4, 0.5) is 19.0 Å². The Balaban J connectivity index is 0.00000312. The molecule has 5 nitrogen and oxygen atoms in total. The lowest BCUT2D eigenvalue weighted by Gasteiger charge is -2.13. The van der Waals surface area contributed by atoms with Gasteiger partial charge in [-0.3, -0.25) is 0 Å². The summed E-state index contributed by atoms with van der Waals surface area (Å²) in [5.41, 5.74) is 5.94.